The minimum absolute atomic E-state index is 0.161. The second kappa shape index (κ2) is 7.75. The minimum Gasteiger partial charge on any atom is -0.543 e. The van der Waals surface area contributed by atoms with Crippen LogP contribution in [0.4, 0.5) is 0 Å². The standard InChI is InChI=1S/C20H30N2OSSi/c1-20(2,3)25(4,5)23-18-16(10-8-14-22-19(21)24)13-12-15-9-6-7-11-17(15)18/h6-7,9,11-13H,8,10,14H2,1-5H3,(H3,21,22,24). The van der Waals surface area contributed by atoms with E-state index < -0.39 is 8.32 Å². The lowest BCUT2D eigenvalue weighted by Gasteiger charge is -2.37. The molecule has 2 aromatic rings. The average Bonchev–Trinajstić information content (AvgIpc) is 2.51. The third-order valence-electron chi connectivity index (χ3n) is 5.05. The summed E-state index contributed by atoms with van der Waals surface area (Å²) < 4.78 is 6.76. The van der Waals surface area contributed by atoms with Crippen LogP contribution in [0.3, 0.4) is 0 Å². The van der Waals surface area contributed by atoms with Gasteiger partial charge in [0.05, 0.1) is 0 Å². The first kappa shape index (κ1) is 19.7. The predicted molar refractivity (Wildman–Crippen MR) is 115 cm³/mol. The van der Waals surface area contributed by atoms with Gasteiger partial charge in [-0.3, -0.25) is 0 Å². The molecule has 3 nitrogen and oxygen atoms in total. The van der Waals surface area contributed by atoms with E-state index in [0.29, 0.717) is 5.11 Å². The summed E-state index contributed by atoms with van der Waals surface area (Å²) in [7, 11) is -1.92. The van der Waals surface area contributed by atoms with Crippen LogP contribution in [-0.2, 0) is 6.42 Å². The van der Waals surface area contributed by atoms with Crippen LogP contribution in [0.25, 0.3) is 10.8 Å². The molecule has 2 rings (SSSR count). The van der Waals surface area contributed by atoms with E-state index in [4.69, 9.17) is 22.4 Å². The Morgan fingerprint density at radius 3 is 2.48 bits per heavy atom. The molecule has 25 heavy (non-hydrogen) atoms. The zero-order chi connectivity index (χ0) is 18.7. The molecular weight excluding hydrogens is 344 g/mol. The smallest absolute Gasteiger partial charge is 0.250 e. The summed E-state index contributed by atoms with van der Waals surface area (Å²) >= 11 is 4.87. The van der Waals surface area contributed by atoms with Gasteiger partial charge in [0.15, 0.2) is 5.11 Å². The molecule has 0 unspecified atom stereocenters. The first-order valence-electron chi connectivity index (χ1n) is 8.85. The fourth-order valence-corrected chi connectivity index (χ4v) is 3.66. The molecule has 0 aromatic heterocycles. The van der Waals surface area contributed by atoms with Crippen molar-refractivity contribution in [1.29, 1.82) is 0 Å². The zero-order valence-electron chi connectivity index (χ0n) is 16.0. The average molecular weight is 375 g/mol. The van der Waals surface area contributed by atoms with Crippen molar-refractivity contribution in [3.05, 3.63) is 42.0 Å². The number of hydrogen-bond donors (Lipinski definition) is 2. The van der Waals surface area contributed by atoms with Gasteiger partial charge in [0, 0.05) is 11.9 Å². The minimum atomic E-state index is -1.92. The third kappa shape index (κ3) is 4.95. The largest absolute Gasteiger partial charge is 0.543 e. The van der Waals surface area contributed by atoms with Crippen LogP contribution >= 0.6 is 12.2 Å². The number of rotatable bonds is 6. The number of nitrogens with one attached hydrogen (secondary N) is 1. The Balaban J connectivity index is 2.36. The van der Waals surface area contributed by atoms with Gasteiger partial charge >= 0.3 is 0 Å². The van der Waals surface area contributed by atoms with E-state index >= 15 is 0 Å². The van der Waals surface area contributed by atoms with Crippen LogP contribution < -0.4 is 15.5 Å². The van der Waals surface area contributed by atoms with E-state index in [9.17, 15) is 0 Å². The van der Waals surface area contributed by atoms with Crippen molar-refractivity contribution in [2.75, 3.05) is 6.54 Å². The Morgan fingerprint density at radius 2 is 1.84 bits per heavy atom. The van der Waals surface area contributed by atoms with Gasteiger partial charge in [-0.1, -0.05) is 57.2 Å². The Kier molecular flexibility index (Phi) is 6.11. The van der Waals surface area contributed by atoms with E-state index in [1.54, 1.807) is 0 Å². The molecule has 0 aliphatic carbocycles. The molecule has 0 saturated heterocycles. The highest BCUT2D eigenvalue weighted by Crippen LogP contribution is 2.40. The summed E-state index contributed by atoms with van der Waals surface area (Å²) in [5.74, 6) is 1.06. The molecule has 0 fully saturated rings. The molecule has 0 aliphatic rings. The number of benzene rings is 2. The molecule has 0 amide bonds. The Hall–Kier alpha value is -1.59. The van der Waals surface area contributed by atoms with Gasteiger partial charge in [0.2, 0.25) is 0 Å². The zero-order valence-corrected chi connectivity index (χ0v) is 17.8. The summed E-state index contributed by atoms with van der Waals surface area (Å²) in [4.78, 5) is 0. The van der Waals surface area contributed by atoms with E-state index in [1.165, 1.54) is 16.3 Å². The maximum absolute atomic E-state index is 6.76. The number of fused-ring (bicyclic) bond motifs is 1. The van der Waals surface area contributed by atoms with Crippen LogP contribution in [0.1, 0.15) is 32.8 Å². The van der Waals surface area contributed by atoms with Crippen molar-refractivity contribution in [3.63, 3.8) is 0 Å². The van der Waals surface area contributed by atoms with Crippen LogP contribution in [0.5, 0.6) is 5.75 Å². The first-order chi connectivity index (χ1) is 11.6. The monoisotopic (exact) mass is 374 g/mol. The van der Waals surface area contributed by atoms with Crippen molar-refractivity contribution < 1.29 is 4.43 Å². The van der Waals surface area contributed by atoms with Crippen LogP contribution in [0.15, 0.2) is 36.4 Å². The van der Waals surface area contributed by atoms with Crippen molar-refractivity contribution in [1.82, 2.24) is 5.32 Å². The normalized spacial score (nSPS) is 12.2. The maximum Gasteiger partial charge on any atom is 0.250 e. The topological polar surface area (TPSA) is 47.3 Å². The van der Waals surface area contributed by atoms with Gasteiger partial charge in [-0.2, -0.15) is 0 Å². The molecular formula is C20H30N2OSSi. The lowest BCUT2D eigenvalue weighted by atomic mass is 10.0. The molecule has 2 aromatic carbocycles. The molecule has 136 valence electrons. The van der Waals surface area contributed by atoms with Crippen molar-refractivity contribution in [2.24, 2.45) is 5.73 Å². The van der Waals surface area contributed by atoms with Gasteiger partial charge in [-0.15, -0.1) is 0 Å². The summed E-state index contributed by atoms with van der Waals surface area (Å²) in [6, 6.07) is 12.8. The molecule has 5 heteroatoms. The second-order valence-corrected chi connectivity index (χ2v) is 13.2. The third-order valence-corrected chi connectivity index (χ3v) is 9.52. The lowest BCUT2D eigenvalue weighted by molar-refractivity contribution is 0.490. The van der Waals surface area contributed by atoms with E-state index in [0.717, 1.165) is 25.1 Å². The first-order valence-corrected chi connectivity index (χ1v) is 12.2. The van der Waals surface area contributed by atoms with Crippen LogP contribution in [-0.4, -0.2) is 20.0 Å². The van der Waals surface area contributed by atoms with Crippen LogP contribution in [0.2, 0.25) is 18.1 Å². The van der Waals surface area contributed by atoms with Crippen LogP contribution in [0, 0.1) is 0 Å². The van der Waals surface area contributed by atoms with Gasteiger partial charge in [0.25, 0.3) is 8.32 Å². The van der Waals surface area contributed by atoms with Gasteiger partial charge in [-0.05, 0) is 54.1 Å². The van der Waals surface area contributed by atoms with Crippen molar-refractivity contribution >= 4 is 36.4 Å². The van der Waals surface area contributed by atoms with E-state index in [-0.39, 0.29) is 5.04 Å². The molecule has 0 bridgehead atoms. The highest BCUT2D eigenvalue weighted by atomic mass is 32.1. The van der Waals surface area contributed by atoms with Gasteiger partial charge in [-0.25, -0.2) is 0 Å². The van der Waals surface area contributed by atoms with E-state index in [2.05, 4.69) is 75.6 Å². The fourth-order valence-electron chi connectivity index (χ4n) is 2.50. The molecule has 0 atom stereocenters. The summed E-state index contributed by atoms with van der Waals surface area (Å²) in [6.07, 6.45) is 1.90. The second-order valence-electron chi connectivity index (χ2n) is 8.03. The SMILES string of the molecule is CC(C)(C)[Si](C)(C)Oc1c(CCCNC(N)=S)ccc2ccccc12. The van der Waals surface area contributed by atoms with Crippen molar-refractivity contribution in [2.45, 2.75) is 51.7 Å². The summed E-state index contributed by atoms with van der Waals surface area (Å²) in [5, 5.41) is 5.97. The Bertz CT molecular complexity index is 753. The molecule has 0 radical (unpaired) electrons. The number of thiocarbonyl (C=S) groups is 1. The lowest BCUT2D eigenvalue weighted by Crippen LogP contribution is -2.44. The predicted octanol–water partition coefficient (Wildman–Crippen LogP) is 4.99. The highest BCUT2D eigenvalue weighted by Gasteiger charge is 2.39. The Labute approximate surface area is 158 Å². The van der Waals surface area contributed by atoms with Gasteiger partial charge in [0.1, 0.15) is 5.75 Å². The van der Waals surface area contributed by atoms with Crippen molar-refractivity contribution in [3.8, 4) is 5.75 Å². The molecule has 0 spiro atoms. The fraction of sp³-hybridized carbons (Fsp3) is 0.450. The highest BCUT2D eigenvalue weighted by molar-refractivity contribution is 7.80. The number of nitrogens with two attached hydrogens (primary N) is 1. The number of aryl methyl sites for hydroxylation is 1. The molecule has 3 N–H and O–H groups in total. The van der Waals surface area contributed by atoms with Gasteiger partial charge < -0.3 is 15.5 Å². The molecule has 0 saturated carbocycles. The molecule has 0 heterocycles. The maximum atomic E-state index is 6.76. The summed E-state index contributed by atoms with van der Waals surface area (Å²) in [5.41, 5.74) is 6.77. The Morgan fingerprint density at radius 1 is 1.16 bits per heavy atom. The summed E-state index contributed by atoms with van der Waals surface area (Å²) in [6.45, 7) is 12.2. The number of hydrogen-bond acceptors (Lipinski definition) is 2. The van der Waals surface area contributed by atoms with E-state index in [1.807, 2.05) is 0 Å². The quantitative estimate of drug-likeness (QED) is 0.425. The molecule has 0 aliphatic heterocycles.